The number of allylic oxidation sites excluding steroid dienone is 1. The highest BCUT2D eigenvalue weighted by atomic mass is 79.9. The molecule has 0 aliphatic carbocycles. The van der Waals surface area contributed by atoms with Crippen LogP contribution in [0.3, 0.4) is 0 Å². The minimum Gasteiger partial charge on any atom is -0.207 e. The molecule has 2 heteroatoms. The second-order valence-corrected chi connectivity index (χ2v) is 3.68. The van der Waals surface area contributed by atoms with Gasteiger partial charge >= 0.3 is 0 Å². The van der Waals surface area contributed by atoms with Crippen molar-refractivity contribution in [3.63, 3.8) is 0 Å². The summed E-state index contributed by atoms with van der Waals surface area (Å²) in [5, 5.41) is 0.942. The van der Waals surface area contributed by atoms with Gasteiger partial charge in [-0.2, -0.15) is 0 Å². The van der Waals surface area contributed by atoms with E-state index in [9.17, 15) is 4.39 Å². The van der Waals surface area contributed by atoms with Crippen molar-refractivity contribution in [3.05, 3.63) is 41.2 Å². The van der Waals surface area contributed by atoms with Crippen LogP contribution in [0.15, 0.2) is 24.3 Å². The molecule has 1 aromatic carbocycles. The minimum atomic E-state index is -0.138. The predicted octanol–water partition coefficient (Wildman–Crippen LogP) is 3.93. The summed E-state index contributed by atoms with van der Waals surface area (Å²) in [5.74, 6) is -0.138. The molecule has 0 aliphatic heterocycles. The first-order valence-corrected chi connectivity index (χ1v) is 5.35. The molecule has 0 saturated heterocycles. The van der Waals surface area contributed by atoms with E-state index in [-0.39, 0.29) is 5.82 Å². The van der Waals surface area contributed by atoms with Gasteiger partial charge in [-0.1, -0.05) is 40.2 Å². The van der Waals surface area contributed by atoms with Gasteiger partial charge in [0.25, 0.3) is 0 Å². The first-order valence-electron chi connectivity index (χ1n) is 4.22. The molecule has 0 unspecified atom stereocenters. The van der Waals surface area contributed by atoms with Crippen molar-refractivity contribution in [2.24, 2.45) is 0 Å². The summed E-state index contributed by atoms with van der Waals surface area (Å²) in [6, 6.07) is 5.27. The van der Waals surface area contributed by atoms with Gasteiger partial charge in [0.05, 0.1) is 0 Å². The Kier molecular flexibility index (Phi) is 4.16. The highest BCUT2D eigenvalue weighted by Crippen LogP contribution is 2.10. The van der Waals surface area contributed by atoms with Crippen molar-refractivity contribution < 1.29 is 4.39 Å². The summed E-state index contributed by atoms with van der Waals surface area (Å²) in [6.07, 6.45) is 4.93. The lowest BCUT2D eigenvalue weighted by atomic mass is 10.1. The zero-order valence-corrected chi connectivity index (χ0v) is 9.14. The summed E-state index contributed by atoms with van der Waals surface area (Å²) in [7, 11) is 0. The van der Waals surface area contributed by atoms with Gasteiger partial charge in [-0.25, -0.2) is 4.39 Å². The van der Waals surface area contributed by atoms with E-state index in [1.54, 1.807) is 19.1 Å². The topological polar surface area (TPSA) is 0 Å². The van der Waals surface area contributed by atoms with Gasteiger partial charge in [0.15, 0.2) is 0 Å². The molecule has 0 aliphatic rings. The Morgan fingerprint density at radius 2 is 2.23 bits per heavy atom. The second kappa shape index (κ2) is 5.18. The molecular formula is C11H12BrF. The first-order chi connectivity index (χ1) is 6.24. The van der Waals surface area contributed by atoms with Gasteiger partial charge in [0, 0.05) is 5.33 Å². The van der Waals surface area contributed by atoms with Gasteiger partial charge < -0.3 is 0 Å². The Bertz CT molecular complexity index is 305. The Hall–Kier alpha value is -0.630. The molecule has 0 nitrogen and oxygen atoms in total. The summed E-state index contributed by atoms with van der Waals surface area (Å²) in [4.78, 5) is 0. The summed E-state index contributed by atoms with van der Waals surface area (Å²) < 4.78 is 13.0. The third kappa shape index (κ3) is 3.31. The van der Waals surface area contributed by atoms with Gasteiger partial charge in [0.1, 0.15) is 5.82 Å². The Morgan fingerprint density at radius 3 is 2.85 bits per heavy atom. The maximum atomic E-state index is 13.0. The van der Waals surface area contributed by atoms with Crippen LogP contribution in [-0.2, 0) is 0 Å². The van der Waals surface area contributed by atoms with Gasteiger partial charge in [-0.05, 0) is 30.5 Å². The van der Waals surface area contributed by atoms with Gasteiger partial charge in [-0.3, -0.25) is 0 Å². The van der Waals surface area contributed by atoms with Crippen molar-refractivity contribution >= 4 is 22.0 Å². The lowest BCUT2D eigenvalue weighted by Crippen LogP contribution is -1.82. The van der Waals surface area contributed by atoms with E-state index in [0.717, 1.165) is 17.3 Å². The molecule has 0 bridgehead atoms. The zero-order valence-electron chi connectivity index (χ0n) is 7.56. The largest absolute Gasteiger partial charge is 0.207 e. The van der Waals surface area contributed by atoms with Crippen LogP contribution in [-0.4, -0.2) is 5.33 Å². The number of aryl methyl sites for hydroxylation is 1. The standard InChI is InChI=1S/C11H12BrF/c1-9-5-6-10(8-11(9)13)4-2-3-7-12/h2,4-6,8H,3,7H2,1H3/b4-2+. The van der Waals surface area contributed by atoms with Crippen molar-refractivity contribution in [3.8, 4) is 0 Å². The average molecular weight is 243 g/mol. The van der Waals surface area contributed by atoms with Gasteiger partial charge in [-0.15, -0.1) is 0 Å². The lowest BCUT2D eigenvalue weighted by Gasteiger charge is -1.97. The quantitative estimate of drug-likeness (QED) is 0.705. The fourth-order valence-electron chi connectivity index (χ4n) is 0.995. The van der Waals surface area contributed by atoms with Gasteiger partial charge in [0.2, 0.25) is 0 Å². The van der Waals surface area contributed by atoms with Crippen LogP contribution in [0.1, 0.15) is 17.5 Å². The third-order valence-electron chi connectivity index (χ3n) is 1.78. The number of benzene rings is 1. The Morgan fingerprint density at radius 1 is 1.46 bits per heavy atom. The Balaban J connectivity index is 2.73. The molecule has 0 atom stereocenters. The van der Waals surface area contributed by atoms with Crippen LogP contribution < -0.4 is 0 Å². The molecule has 1 aromatic rings. The van der Waals surface area contributed by atoms with Crippen molar-refractivity contribution in [2.45, 2.75) is 13.3 Å². The van der Waals surface area contributed by atoms with E-state index in [2.05, 4.69) is 15.9 Å². The monoisotopic (exact) mass is 242 g/mol. The number of halogens is 2. The molecule has 0 aromatic heterocycles. The smallest absolute Gasteiger partial charge is 0.126 e. The van der Waals surface area contributed by atoms with E-state index >= 15 is 0 Å². The molecule has 0 amide bonds. The van der Waals surface area contributed by atoms with E-state index in [0.29, 0.717) is 5.56 Å². The van der Waals surface area contributed by atoms with E-state index < -0.39 is 0 Å². The predicted molar refractivity (Wildman–Crippen MR) is 58.6 cm³/mol. The van der Waals surface area contributed by atoms with Crippen molar-refractivity contribution in [2.75, 3.05) is 5.33 Å². The van der Waals surface area contributed by atoms with E-state index in [4.69, 9.17) is 0 Å². The average Bonchev–Trinajstić information content (AvgIpc) is 2.12. The fourth-order valence-corrected chi connectivity index (χ4v) is 1.26. The first kappa shape index (κ1) is 10.5. The van der Waals surface area contributed by atoms with E-state index in [1.807, 2.05) is 18.2 Å². The normalized spacial score (nSPS) is 11.0. The molecule has 0 N–H and O–H groups in total. The zero-order chi connectivity index (χ0) is 9.68. The van der Waals surface area contributed by atoms with Crippen LogP contribution in [0.5, 0.6) is 0 Å². The molecular weight excluding hydrogens is 231 g/mol. The molecule has 0 fully saturated rings. The Labute approximate surface area is 86.6 Å². The highest BCUT2D eigenvalue weighted by molar-refractivity contribution is 9.09. The number of rotatable bonds is 3. The van der Waals surface area contributed by atoms with Crippen LogP contribution >= 0.6 is 15.9 Å². The summed E-state index contributed by atoms with van der Waals surface area (Å²) >= 11 is 3.32. The number of alkyl halides is 1. The van der Waals surface area contributed by atoms with Crippen LogP contribution in [0, 0.1) is 12.7 Å². The minimum absolute atomic E-state index is 0.138. The molecule has 0 saturated carbocycles. The van der Waals surface area contributed by atoms with E-state index in [1.165, 1.54) is 0 Å². The molecule has 0 spiro atoms. The highest BCUT2D eigenvalue weighted by Gasteiger charge is 1.95. The summed E-state index contributed by atoms with van der Waals surface area (Å²) in [5.41, 5.74) is 1.61. The molecule has 70 valence electrons. The summed E-state index contributed by atoms with van der Waals surface area (Å²) in [6.45, 7) is 1.77. The lowest BCUT2D eigenvalue weighted by molar-refractivity contribution is 0.618. The third-order valence-corrected chi connectivity index (χ3v) is 2.24. The fraction of sp³-hybridized carbons (Fsp3) is 0.273. The number of hydrogen-bond donors (Lipinski definition) is 0. The van der Waals surface area contributed by atoms with Crippen molar-refractivity contribution in [1.29, 1.82) is 0 Å². The molecule has 0 heterocycles. The van der Waals surface area contributed by atoms with Crippen LogP contribution in [0.4, 0.5) is 4.39 Å². The van der Waals surface area contributed by atoms with Crippen LogP contribution in [0.25, 0.3) is 6.08 Å². The molecule has 0 radical (unpaired) electrons. The maximum Gasteiger partial charge on any atom is 0.126 e. The second-order valence-electron chi connectivity index (χ2n) is 2.89. The molecule has 1 rings (SSSR count). The molecule has 13 heavy (non-hydrogen) atoms. The van der Waals surface area contributed by atoms with Crippen LogP contribution in [0.2, 0.25) is 0 Å². The number of hydrogen-bond acceptors (Lipinski definition) is 0. The van der Waals surface area contributed by atoms with Crippen molar-refractivity contribution in [1.82, 2.24) is 0 Å². The SMILES string of the molecule is Cc1ccc(/C=C/CCBr)cc1F. The maximum absolute atomic E-state index is 13.0.